The van der Waals surface area contributed by atoms with Crippen LogP contribution < -0.4 is 10.6 Å². The number of carbonyl (C=O) groups excluding carboxylic acids is 2. The van der Waals surface area contributed by atoms with Gasteiger partial charge in [0.05, 0.1) is 27.4 Å². The molecule has 1 amide bonds. The van der Waals surface area contributed by atoms with Crippen molar-refractivity contribution in [2.45, 2.75) is 0 Å². The van der Waals surface area contributed by atoms with Gasteiger partial charge >= 0.3 is 0 Å². The van der Waals surface area contributed by atoms with E-state index in [-0.39, 0.29) is 5.91 Å². The van der Waals surface area contributed by atoms with Gasteiger partial charge in [-0.15, -0.1) is 22.7 Å². The molecule has 21 heavy (non-hydrogen) atoms. The molecule has 0 saturated carbocycles. The maximum atomic E-state index is 12.3. The predicted octanol–water partition coefficient (Wildman–Crippen LogP) is 1.88. The van der Waals surface area contributed by atoms with Crippen LogP contribution in [0.1, 0.15) is 9.88 Å². The molecule has 2 N–H and O–H groups in total. The number of hydrogen-bond donors (Lipinski definition) is 2. The normalized spacial score (nSPS) is 16.9. The van der Waals surface area contributed by atoms with Crippen LogP contribution in [0.15, 0.2) is 40.2 Å². The van der Waals surface area contributed by atoms with E-state index in [4.69, 9.17) is 0 Å². The fourth-order valence-corrected chi connectivity index (χ4v) is 3.60. The third kappa shape index (κ3) is 2.30. The van der Waals surface area contributed by atoms with Crippen molar-refractivity contribution in [3.8, 4) is 0 Å². The monoisotopic (exact) mass is 317 g/mol. The van der Waals surface area contributed by atoms with Gasteiger partial charge in [-0.3, -0.25) is 9.59 Å². The van der Waals surface area contributed by atoms with E-state index in [9.17, 15) is 9.59 Å². The molecule has 3 heterocycles. The second-order valence-electron chi connectivity index (χ2n) is 4.18. The average Bonchev–Trinajstić information content (AvgIpc) is 3.21. The number of carbonyl (C=O) groups is 2. The molecule has 0 aliphatic carbocycles. The molecule has 5 nitrogen and oxygen atoms in total. The van der Waals surface area contributed by atoms with Crippen molar-refractivity contribution >= 4 is 46.3 Å². The van der Waals surface area contributed by atoms with E-state index in [1.165, 1.54) is 22.7 Å². The van der Waals surface area contributed by atoms with Crippen molar-refractivity contribution in [3.05, 3.63) is 50.1 Å². The van der Waals surface area contributed by atoms with Gasteiger partial charge in [-0.05, 0) is 11.4 Å². The van der Waals surface area contributed by atoms with Crippen LogP contribution in [-0.2, 0) is 9.59 Å². The second-order valence-corrected chi connectivity index (χ2v) is 6.02. The van der Waals surface area contributed by atoms with Crippen molar-refractivity contribution < 1.29 is 9.59 Å². The summed E-state index contributed by atoms with van der Waals surface area (Å²) in [7, 11) is 1.74. The highest BCUT2D eigenvalue weighted by Crippen LogP contribution is 2.33. The van der Waals surface area contributed by atoms with E-state index < -0.39 is 0 Å². The Bertz CT molecular complexity index is 743. The van der Waals surface area contributed by atoms with Crippen LogP contribution in [0.4, 0.5) is 0 Å². The highest BCUT2D eigenvalue weighted by Gasteiger charge is 2.32. The summed E-state index contributed by atoms with van der Waals surface area (Å²) in [5.74, 6) is -0.292. The summed E-state index contributed by atoms with van der Waals surface area (Å²) in [6.07, 6.45) is 2.34. The molecule has 0 fully saturated rings. The van der Waals surface area contributed by atoms with Crippen molar-refractivity contribution in [2.75, 3.05) is 7.05 Å². The molecule has 0 aromatic carbocycles. The van der Waals surface area contributed by atoms with Gasteiger partial charge in [0.15, 0.2) is 6.29 Å². The van der Waals surface area contributed by atoms with Crippen LogP contribution in [0, 0.1) is 0 Å². The average molecular weight is 317 g/mol. The zero-order valence-corrected chi connectivity index (χ0v) is 12.7. The molecule has 0 unspecified atom stereocenters. The number of thiazole rings is 1. The van der Waals surface area contributed by atoms with Crippen LogP contribution >= 0.6 is 22.7 Å². The van der Waals surface area contributed by atoms with Gasteiger partial charge < -0.3 is 10.6 Å². The Kier molecular flexibility index (Phi) is 3.68. The van der Waals surface area contributed by atoms with Crippen LogP contribution in [0.2, 0.25) is 0 Å². The molecule has 0 atom stereocenters. The highest BCUT2D eigenvalue weighted by atomic mass is 32.1. The minimum atomic E-state index is -0.292. The Labute approximate surface area is 129 Å². The quantitative estimate of drug-likeness (QED) is 0.667. The van der Waals surface area contributed by atoms with Crippen LogP contribution in [-0.4, -0.2) is 24.2 Å². The zero-order chi connectivity index (χ0) is 14.8. The predicted molar refractivity (Wildman–Crippen MR) is 83.5 cm³/mol. The lowest BCUT2D eigenvalue weighted by molar-refractivity contribution is -0.116. The Hall–Kier alpha value is -2.25. The van der Waals surface area contributed by atoms with E-state index in [1.54, 1.807) is 18.6 Å². The third-order valence-electron chi connectivity index (χ3n) is 3.04. The number of amides is 1. The van der Waals surface area contributed by atoms with Crippen molar-refractivity contribution in [3.63, 3.8) is 0 Å². The Morgan fingerprint density at radius 1 is 1.38 bits per heavy atom. The second kappa shape index (κ2) is 5.63. The van der Waals surface area contributed by atoms with E-state index >= 15 is 0 Å². The summed E-state index contributed by atoms with van der Waals surface area (Å²) < 4.78 is 0. The third-order valence-corrected chi connectivity index (χ3v) is 4.71. The minimum Gasteiger partial charge on any atom is -0.386 e. The van der Waals surface area contributed by atoms with Gasteiger partial charge in [0, 0.05) is 18.6 Å². The number of aromatic nitrogens is 1. The number of thiophene rings is 1. The van der Waals surface area contributed by atoms with E-state index in [1.807, 2.05) is 17.5 Å². The number of nitrogens with one attached hydrogen (secondary N) is 2. The Balaban J connectivity index is 2.21. The summed E-state index contributed by atoms with van der Waals surface area (Å²) in [5, 5.41) is 10.1. The van der Waals surface area contributed by atoms with Crippen LogP contribution in [0.3, 0.4) is 0 Å². The van der Waals surface area contributed by atoms with E-state index in [2.05, 4.69) is 15.6 Å². The van der Waals surface area contributed by atoms with Gasteiger partial charge in [-0.2, -0.15) is 0 Å². The first-order valence-corrected chi connectivity index (χ1v) is 7.89. The van der Waals surface area contributed by atoms with Crippen LogP contribution in [0.25, 0.3) is 11.4 Å². The Morgan fingerprint density at radius 2 is 2.24 bits per heavy atom. The van der Waals surface area contributed by atoms with Gasteiger partial charge in [0.25, 0.3) is 5.91 Å². The molecule has 0 saturated heterocycles. The molecule has 1 aliphatic rings. The lowest BCUT2D eigenvalue weighted by Gasteiger charge is -2.08. The van der Waals surface area contributed by atoms with Gasteiger partial charge in [0.2, 0.25) is 0 Å². The van der Waals surface area contributed by atoms with Crippen molar-refractivity contribution in [2.24, 2.45) is 0 Å². The minimum absolute atomic E-state index is 0.292. The SMILES string of the molecule is CN/C(=C1/C(=O)NC(c2nccs2)=C1C=O)c1cccs1. The Morgan fingerprint density at radius 3 is 2.81 bits per heavy atom. The zero-order valence-electron chi connectivity index (χ0n) is 11.0. The molecule has 3 rings (SSSR count). The number of nitrogens with zero attached hydrogens (tertiary/aromatic N) is 1. The molecule has 2 aromatic heterocycles. The molecule has 7 heteroatoms. The standard InChI is InChI=1S/C14H11N3O2S2/c1-15-12(9-3-2-5-20-9)10-8(7-18)11(17-13(10)19)14-16-4-6-21-14/h2-7,15H,1H3,(H,17,19)/b12-10+. The molecule has 2 aromatic rings. The number of aldehydes is 1. The highest BCUT2D eigenvalue weighted by molar-refractivity contribution is 7.11. The van der Waals surface area contributed by atoms with Gasteiger partial charge in [-0.1, -0.05) is 6.07 Å². The molecule has 106 valence electrons. The first-order valence-electron chi connectivity index (χ1n) is 6.13. The largest absolute Gasteiger partial charge is 0.386 e. The summed E-state index contributed by atoms with van der Waals surface area (Å²) in [6, 6.07) is 3.80. The first kappa shape index (κ1) is 13.7. The molecular weight excluding hydrogens is 306 g/mol. The molecule has 0 bridgehead atoms. The maximum Gasteiger partial charge on any atom is 0.258 e. The summed E-state index contributed by atoms with van der Waals surface area (Å²) >= 11 is 2.88. The fraction of sp³-hybridized carbons (Fsp3) is 0.0714. The summed E-state index contributed by atoms with van der Waals surface area (Å²) in [5.41, 5.74) is 1.83. The maximum absolute atomic E-state index is 12.3. The van der Waals surface area contributed by atoms with Gasteiger partial charge in [-0.25, -0.2) is 4.98 Å². The molecule has 0 spiro atoms. The fourth-order valence-electron chi connectivity index (χ4n) is 2.16. The number of hydrogen-bond acceptors (Lipinski definition) is 6. The van der Waals surface area contributed by atoms with E-state index in [0.717, 1.165) is 4.88 Å². The topological polar surface area (TPSA) is 71.1 Å². The van der Waals surface area contributed by atoms with E-state index in [0.29, 0.717) is 33.8 Å². The number of rotatable bonds is 4. The summed E-state index contributed by atoms with van der Waals surface area (Å²) in [4.78, 5) is 28.9. The lowest BCUT2D eigenvalue weighted by atomic mass is 10.0. The molecule has 0 radical (unpaired) electrons. The van der Waals surface area contributed by atoms with Crippen molar-refractivity contribution in [1.82, 2.24) is 15.6 Å². The lowest BCUT2D eigenvalue weighted by Crippen LogP contribution is -2.19. The van der Waals surface area contributed by atoms with Crippen LogP contribution in [0.5, 0.6) is 0 Å². The summed E-state index contributed by atoms with van der Waals surface area (Å²) in [6.45, 7) is 0. The smallest absolute Gasteiger partial charge is 0.258 e. The molecular formula is C14H11N3O2S2. The van der Waals surface area contributed by atoms with Crippen molar-refractivity contribution in [1.29, 1.82) is 0 Å². The molecule has 1 aliphatic heterocycles. The van der Waals surface area contributed by atoms with Gasteiger partial charge in [0.1, 0.15) is 5.01 Å². The first-order chi connectivity index (χ1) is 10.3.